The van der Waals surface area contributed by atoms with E-state index < -0.39 is 18.1 Å². The first kappa shape index (κ1) is 16.5. The van der Waals surface area contributed by atoms with Crippen molar-refractivity contribution in [2.24, 2.45) is 11.8 Å². The van der Waals surface area contributed by atoms with Crippen molar-refractivity contribution in [3.05, 3.63) is 47.5 Å². The molecule has 0 saturated carbocycles. The number of phenolic OH excluding ortho intramolecular Hbond substituents is 3. The van der Waals surface area contributed by atoms with Crippen LogP contribution in [0.25, 0.3) is 0 Å². The maximum atomic E-state index is 12.5. The summed E-state index contributed by atoms with van der Waals surface area (Å²) in [5.41, 5.74) is 1.33. The Morgan fingerprint density at radius 3 is 2.35 bits per heavy atom. The van der Waals surface area contributed by atoms with Crippen LogP contribution < -0.4 is 4.74 Å². The fourth-order valence-corrected chi connectivity index (χ4v) is 3.72. The van der Waals surface area contributed by atoms with Crippen LogP contribution in [0.1, 0.15) is 23.3 Å². The Morgan fingerprint density at radius 1 is 0.962 bits per heavy atom. The monoisotopic (exact) mass is 358 g/mol. The normalized spacial score (nSPS) is 27.2. The number of carbonyl (C=O) groups is 1. The van der Waals surface area contributed by atoms with Gasteiger partial charge >= 0.3 is 5.97 Å². The summed E-state index contributed by atoms with van der Waals surface area (Å²) >= 11 is 0. The molecular weight excluding hydrogens is 340 g/mol. The number of benzene rings is 2. The first-order valence-electron chi connectivity index (χ1n) is 8.20. The number of esters is 1. The van der Waals surface area contributed by atoms with Gasteiger partial charge in [0.15, 0.2) is 23.0 Å². The number of cyclic esters (lactones) is 1. The number of aromatic hydroxyl groups is 3. The molecular formula is C19H18O7. The zero-order valence-electron chi connectivity index (χ0n) is 14.0. The second-order valence-electron chi connectivity index (χ2n) is 6.48. The molecule has 4 rings (SSSR count). The molecule has 3 N–H and O–H groups in total. The number of ether oxygens (including phenoxy) is 3. The van der Waals surface area contributed by atoms with Gasteiger partial charge in [0.05, 0.1) is 25.7 Å². The second-order valence-corrected chi connectivity index (χ2v) is 6.48. The lowest BCUT2D eigenvalue weighted by Gasteiger charge is -2.16. The lowest BCUT2D eigenvalue weighted by Crippen LogP contribution is -2.17. The van der Waals surface area contributed by atoms with Crippen molar-refractivity contribution in [3.8, 4) is 23.0 Å². The molecule has 4 atom stereocenters. The van der Waals surface area contributed by atoms with E-state index in [1.807, 2.05) is 0 Å². The third-order valence-electron chi connectivity index (χ3n) is 5.02. The summed E-state index contributed by atoms with van der Waals surface area (Å²) in [6.07, 6.45) is -1.05. The molecule has 0 unspecified atom stereocenters. The Bertz CT molecular complexity index is 863. The van der Waals surface area contributed by atoms with Gasteiger partial charge in [-0.3, -0.25) is 4.79 Å². The first-order chi connectivity index (χ1) is 12.5. The number of rotatable bonds is 3. The average Bonchev–Trinajstić information content (AvgIpc) is 3.20. The number of hydrogen-bond donors (Lipinski definition) is 3. The highest BCUT2D eigenvalue weighted by atomic mass is 16.6. The zero-order valence-corrected chi connectivity index (χ0v) is 14.0. The van der Waals surface area contributed by atoms with E-state index in [2.05, 4.69) is 0 Å². The smallest absolute Gasteiger partial charge is 0.313 e. The van der Waals surface area contributed by atoms with Gasteiger partial charge in [0.2, 0.25) is 0 Å². The lowest BCUT2D eigenvalue weighted by atomic mass is 9.84. The van der Waals surface area contributed by atoms with E-state index in [-0.39, 0.29) is 29.1 Å². The topological polar surface area (TPSA) is 105 Å². The van der Waals surface area contributed by atoms with Gasteiger partial charge in [-0.1, -0.05) is 12.1 Å². The molecule has 0 amide bonds. The van der Waals surface area contributed by atoms with Crippen molar-refractivity contribution in [2.45, 2.75) is 12.2 Å². The quantitative estimate of drug-likeness (QED) is 0.571. The molecule has 2 aliphatic rings. The number of hydrogen-bond acceptors (Lipinski definition) is 7. The van der Waals surface area contributed by atoms with Gasteiger partial charge in [0.25, 0.3) is 0 Å². The minimum Gasteiger partial charge on any atom is -0.504 e. The molecule has 2 aromatic rings. The van der Waals surface area contributed by atoms with Crippen LogP contribution >= 0.6 is 0 Å². The van der Waals surface area contributed by atoms with Gasteiger partial charge in [-0.25, -0.2) is 0 Å². The Hall–Kier alpha value is -2.93. The molecule has 2 saturated heterocycles. The number of methoxy groups -OCH3 is 1. The minimum absolute atomic E-state index is 0.0113. The molecule has 2 aromatic carbocycles. The highest BCUT2D eigenvalue weighted by molar-refractivity contribution is 5.77. The molecule has 0 spiro atoms. The minimum atomic E-state index is -0.553. The van der Waals surface area contributed by atoms with E-state index in [4.69, 9.17) is 14.2 Å². The summed E-state index contributed by atoms with van der Waals surface area (Å²) in [6, 6.07) is 9.22. The van der Waals surface area contributed by atoms with Crippen LogP contribution in [-0.2, 0) is 14.3 Å². The molecule has 2 aliphatic heterocycles. The van der Waals surface area contributed by atoms with Gasteiger partial charge in [0, 0.05) is 5.92 Å². The second kappa shape index (κ2) is 6.10. The van der Waals surface area contributed by atoms with E-state index in [0.717, 1.165) is 5.56 Å². The van der Waals surface area contributed by atoms with Crippen molar-refractivity contribution >= 4 is 5.97 Å². The van der Waals surface area contributed by atoms with Gasteiger partial charge in [-0.2, -0.15) is 0 Å². The standard InChI is InChI=1S/C19H18O7/c1-24-15-7-10(3-5-13(15)21)17-11-8-25-18(16(11)19(23)26-17)9-2-4-12(20)14(22)6-9/h2-7,11,16-18,20-22H,8H2,1H3/t11-,16-,17+,18+/m0/s1. The molecule has 0 bridgehead atoms. The van der Waals surface area contributed by atoms with Gasteiger partial charge in [-0.15, -0.1) is 0 Å². The predicted octanol–water partition coefficient (Wildman–Crippen LogP) is 2.41. The molecule has 26 heavy (non-hydrogen) atoms. The number of carbonyl (C=O) groups excluding carboxylic acids is 1. The third kappa shape index (κ3) is 2.52. The molecule has 7 heteroatoms. The number of phenols is 3. The lowest BCUT2D eigenvalue weighted by molar-refractivity contribution is -0.148. The van der Waals surface area contributed by atoms with Crippen LogP contribution in [0.4, 0.5) is 0 Å². The van der Waals surface area contributed by atoms with Crippen LogP contribution in [-0.4, -0.2) is 35.0 Å². The summed E-state index contributed by atoms with van der Waals surface area (Å²) in [7, 11) is 1.45. The molecule has 136 valence electrons. The van der Waals surface area contributed by atoms with Crippen molar-refractivity contribution in [1.82, 2.24) is 0 Å². The van der Waals surface area contributed by atoms with E-state index in [1.165, 1.54) is 25.3 Å². The Balaban J connectivity index is 1.64. The van der Waals surface area contributed by atoms with E-state index >= 15 is 0 Å². The molecule has 2 fully saturated rings. The van der Waals surface area contributed by atoms with Crippen LogP contribution in [0.3, 0.4) is 0 Å². The molecule has 0 radical (unpaired) electrons. The van der Waals surface area contributed by atoms with Crippen molar-refractivity contribution in [1.29, 1.82) is 0 Å². The van der Waals surface area contributed by atoms with Crippen molar-refractivity contribution < 1.29 is 34.3 Å². The van der Waals surface area contributed by atoms with Crippen LogP contribution in [0.5, 0.6) is 23.0 Å². The fraction of sp³-hybridized carbons (Fsp3) is 0.316. The summed E-state index contributed by atoms with van der Waals surface area (Å²) in [6.45, 7) is 0.316. The first-order valence-corrected chi connectivity index (χ1v) is 8.20. The molecule has 0 aromatic heterocycles. The highest BCUT2D eigenvalue weighted by Gasteiger charge is 2.54. The van der Waals surface area contributed by atoms with Crippen molar-refractivity contribution in [2.75, 3.05) is 13.7 Å². The molecule has 7 nitrogen and oxygen atoms in total. The predicted molar refractivity (Wildman–Crippen MR) is 88.9 cm³/mol. The number of fused-ring (bicyclic) bond motifs is 1. The fourth-order valence-electron chi connectivity index (χ4n) is 3.72. The Labute approximate surface area is 149 Å². The average molecular weight is 358 g/mol. The van der Waals surface area contributed by atoms with E-state index in [9.17, 15) is 20.1 Å². The van der Waals surface area contributed by atoms with Crippen LogP contribution in [0.2, 0.25) is 0 Å². The molecule has 2 heterocycles. The van der Waals surface area contributed by atoms with E-state index in [1.54, 1.807) is 18.2 Å². The zero-order chi connectivity index (χ0) is 18.4. The summed E-state index contributed by atoms with van der Waals surface area (Å²) in [5.74, 6) is -1.26. The van der Waals surface area contributed by atoms with E-state index in [0.29, 0.717) is 17.9 Å². The summed E-state index contributed by atoms with van der Waals surface area (Å²) < 4.78 is 16.5. The van der Waals surface area contributed by atoms with Crippen molar-refractivity contribution in [3.63, 3.8) is 0 Å². The summed E-state index contributed by atoms with van der Waals surface area (Å²) in [4.78, 5) is 12.5. The largest absolute Gasteiger partial charge is 0.504 e. The summed E-state index contributed by atoms with van der Waals surface area (Å²) in [5, 5.41) is 28.9. The highest BCUT2D eigenvalue weighted by Crippen LogP contribution is 2.52. The maximum Gasteiger partial charge on any atom is 0.313 e. The van der Waals surface area contributed by atoms with Gasteiger partial charge in [0.1, 0.15) is 6.10 Å². The molecule has 0 aliphatic carbocycles. The Kier molecular flexibility index (Phi) is 3.88. The van der Waals surface area contributed by atoms with Gasteiger partial charge < -0.3 is 29.5 Å². The van der Waals surface area contributed by atoms with Crippen LogP contribution in [0.15, 0.2) is 36.4 Å². The third-order valence-corrected chi connectivity index (χ3v) is 5.02. The Morgan fingerprint density at radius 2 is 1.65 bits per heavy atom. The van der Waals surface area contributed by atoms with Crippen LogP contribution in [0, 0.1) is 11.8 Å². The van der Waals surface area contributed by atoms with Gasteiger partial charge in [-0.05, 0) is 35.4 Å². The SMILES string of the molecule is COc1cc([C@H]2OC(=O)[C@H]3[C@@H]2CO[C@@H]3c2ccc(O)c(O)c2)ccc1O. The maximum absolute atomic E-state index is 12.5.